The maximum Gasteiger partial charge on any atom is 0.573 e. The van der Waals surface area contributed by atoms with E-state index in [2.05, 4.69) is 20.2 Å². The zero-order chi connectivity index (χ0) is 18.0. The van der Waals surface area contributed by atoms with Crippen molar-refractivity contribution in [3.63, 3.8) is 0 Å². The number of nitrogen functional groups attached to an aromatic ring is 1. The number of anilines is 2. The summed E-state index contributed by atoms with van der Waals surface area (Å²) in [5, 5.41) is 5.46. The quantitative estimate of drug-likeness (QED) is 0.483. The van der Waals surface area contributed by atoms with Crippen molar-refractivity contribution in [3.8, 4) is 5.75 Å². The fraction of sp³-hybridized carbons (Fsp3) is 0.167. The maximum absolute atomic E-state index is 12.9. The molecule has 0 aliphatic heterocycles. The van der Waals surface area contributed by atoms with Gasteiger partial charge in [-0.1, -0.05) is 0 Å². The molecule has 1 aromatic carbocycles. The second-order valence-corrected chi connectivity index (χ2v) is 5.11. The van der Waals surface area contributed by atoms with E-state index in [9.17, 15) is 26.3 Å². The van der Waals surface area contributed by atoms with Gasteiger partial charge in [0.25, 0.3) is 0 Å². The monoisotopic (exact) mass is 370 g/mol. The third-order valence-corrected chi connectivity index (χ3v) is 3.20. The lowest BCUT2D eigenvalue weighted by molar-refractivity contribution is -0.276. The third kappa shape index (κ3) is 5.01. The maximum atomic E-state index is 12.9. The van der Waals surface area contributed by atoms with E-state index in [-0.39, 0.29) is 11.4 Å². The van der Waals surface area contributed by atoms with E-state index in [0.717, 1.165) is 23.6 Å². The average Bonchev–Trinajstić information content (AvgIpc) is 2.83. The second kappa shape index (κ2) is 6.55. The van der Waals surface area contributed by atoms with Crippen molar-refractivity contribution >= 4 is 28.5 Å². The number of benzene rings is 1. The number of thiazole rings is 1. The SMILES string of the molecule is Nc1csc(NN=Cc2ccc(OC(F)(F)F)c(C(F)(F)F)c2)n1. The van der Waals surface area contributed by atoms with Crippen LogP contribution in [0.2, 0.25) is 0 Å². The number of hydrogen-bond acceptors (Lipinski definition) is 6. The zero-order valence-electron chi connectivity index (χ0n) is 11.4. The molecule has 1 aromatic heterocycles. The first-order valence-corrected chi connectivity index (χ1v) is 6.89. The van der Waals surface area contributed by atoms with Crippen LogP contribution < -0.4 is 15.9 Å². The van der Waals surface area contributed by atoms with Gasteiger partial charge in [-0.25, -0.2) is 4.98 Å². The van der Waals surface area contributed by atoms with Crippen molar-refractivity contribution in [2.75, 3.05) is 11.2 Å². The second-order valence-electron chi connectivity index (χ2n) is 4.25. The molecule has 0 atom stereocenters. The van der Waals surface area contributed by atoms with Gasteiger partial charge in [0, 0.05) is 5.38 Å². The molecule has 0 aliphatic rings. The Hall–Kier alpha value is -2.50. The van der Waals surface area contributed by atoms with Gasteiger partial charge in [-0.05, 0) is 23.8 Å². The van der Waals surface area contributed by atoms with Crippen molar-refractivity contribution in [2.24, 2.45) is 5.10 Å². The molecule has 1 heterocycles. The fourth-order valence-electron chi connectivity index (χ4n) is 1.56. The van der Waals surface area contributed by atoms with Gasteiger partial charge >= 0.3 is 12.5 Å². The minimum Gasteiger partial charge on any atom is -0.405 e. The number of nitrogens with one attached hydrogen (secondary N) is 1. The van der Waals surface area contributed by atoms with Gasteiger partial charge in [0.2, 0.25) is 5.13 Å². The van der Waals surface area contributed by atoms with Crippen LogP contribution in [0, 0.1) is 0 Å². The standard InChI is InChI=1S/C12H8F6N4OS/c13-11(14,15)7-3-6(1-2-8(7)23-12(16,17)18)4-20-22-10-21-9(19)5-24-10/h1-5H,19H2,(H,21,22). The van der Waals surface area contributed by atoms with E-state index in [1.54, 1.807) is 0 Å². The highest BCUT2D eigenvalue weighted by atomic mass is 32.1. The molecule has 0 aliphatic carbocycles. The lowest BCUT2D eigenvalue weighted by Crippen LogP contribution is -2.20. The smallest absolute Gasteiger partial charge is 0.405 e. The van der Waals surface area contributed by atoms with Gasteiger partial charge in [-0.15, -0.1) is 24.5 Å². The normalized spacial score (nSPS) is 12.6. The Kier molecular flexibility index (Phi) is 4.87. The van der Waals surface area contributed by atoms with Crippen LogP contribution in [0.5, 0.6) is 5.75 Å². The fourth-order valence-corrected chi connectivity index (χ4v) is 2.11. The molecule has 5 nitrogen and oxygen atoms in total. The highest BCUT2D eigenvalue weighted by Crippen LogP contribution is 2.38. The number of nitrogens with two attached hydrogens (primary N) is 1. The molecule has 0 unspecified atom stereocenters. The summed E-state index contributed by atoms with van der Waals surface area (Å²) in [4.78, 5) is 3.80. The molecule has 0 bridgehead atoms. The molecule has 0 fully saturated rings. The number of hydrogen-bond donors (Lipinski definition) is 2. The van der Waals surface area contributed by atoms with E-state index >= 15 is 0 Å². The molecule has 3 N–H and O–H groups in total. The molecule has 0 spiro atoms. The average molecular weight is 370 g/mol. The molecule has 2 aromatic rings. The zero-order valence-corrected chi connectivity index (χ0v) is 12.3. The lowest BCUT2D eigenvalue weighted by atomic mass is 10.1. The van der Waals surface area contributed by atoms with Gasteiger partial charge in [0.15, 0.2) is 0 Å². The van der Waals surface area contributed by atoms with Gasteiger partial charge in [-0.2, -0.15) is 18.3 Å². The van der Waals surface area contributed by atoms with Crippen LogP contribution in [-0.4, -0.2) is 17.6 Å². The molecule has 0 saturated heterocycles. The summed E-state index contributed by atoms with van der Waals surface area (Å²) in [6.45, 7) is 0. The topological polar surface area (TPSA) is 72.5 Å². The van der Waals surface area contributed by atoms with Crippen LogP contribution in [0.4, 0.5) is 37.3 Å². The number of ether oxygens (including phenoxy) is 1. The lowest BCUT2D eigenvalue weighted by Gasteiger charge is -2.15. The third-order valence-electron chi connectivity index (χ3n) is 2.43. The Balaban J connectivity index is 2.22. The molecule has 0 saturated carbocycles. The van der Waals surface area contributed by atoms with Crippen molar-refractivity contribution in [1.29, 1.82) is 0 Å². The van der Waals surface area contributed by atoms with Gasteiger partial charge in [-0.3, -0.25) is 5.43 Å². The predicted octanol–water partition coefficient (Wildman–Crippen LogP) is 4.09. The first-order chi connectivity index (χ1) is 11.0. The van der Waals surface area contributed by atoms with Crippen molar-refractivity contribution < 1.29 is 31.1 Å². The van der Waals surface area contributed by atoms with Crippen LogP contribution in [0.1, 0.15) is 11.1 Å². The van der Waals surface area contributed by atoms with Crippen LogP contribution in [0.25, 0.3) is 0 Å². The van der Waals surface area contributed by atoms with Gasteiger partial charge in [0.1, 0.15) is 11.6 Å². The molecule has 130 valence electrons. The molecule has 0 radical (unpaired) electrons. The number of alkyl halides is 6. The Bertz CT molecular complexity index is 740. The minimum absolute atomic E-state index is 0.0890. The summed E-state index contributed by atoms with van der Waals surface area (Å²) < 4.78 is 78.5. The van der Waals surface area contributed by atoms with Crippen molar-refractivity contribution in [2.45, 2.75) is 12.5 Å². The largest absolute Gasteiger partial charge is 0.573 e. The van der Waals surface area contributed by atoms with Crippen LogP contribution in [-0.2, 0) is 6.18 Å². The number of aromatic nitrogens is 1. The molecule has 2 rings (SSSR count). The van der Waals surface area contributed by atoms with E-state index in [4.69, 9.17) is 5.73 Å². The first kappa shape index (κ1) is 17.8. The highest BCUT2D eigenvalue weighted by Gasteiger charge is 2.39. The summed E-state index contributed by atoms with van der Waals surface area (Å²) in [5.74, 6) is -1.10. The summed E-state index contributed by atoms with van der Waals surface area (Å²) in [5.41, 5.74) is 6.15. The molecule has 12 heteroatoms. The van der Waals surface area contributed by atoms with E-state index in [1.165, 1.54) is 5.38 Å². The van der Waals surface area contributed by atoms with E-state index in [0.29, 0.717) is 17.3 Å². The van der Waals surface area contributed by atoms with Gasteiger partial charge < -0.3 is 10.5 Å². The summed E-state index contributed by atoms with van der Waals surface area (Å²) in [6.07, 6.45) is -9.27. The summed E-state index contributed by atoms with van der Waals surface area (Å²) in [7, 11) is 0. The van der Waals surface area contributed by atoms with E-state index in [1.807, 2.05) is 0 Å². The highest BCUT2D eigenvalue weighted by molar-refractivity contribution is 7.14. The molecular formula is C12H8F6N4OS. The van der Waals surface area contributed by atoms with Crippen molar-refractivity contribution in [3.05, 3.63) is 34.7 Å². The van der Waals surface area contributed by atoms with Crippen LogP contribution >= 0.6 is 11.3 Å². The van der Waals surface area contributed by atoms with Crippen molar-refractivity contribution in [1.82, 2.24) is 4.98 Å². The van der Waals surface area contributed by atoms with Gasteiger partial charge in [0.05, 0.1) is 11.8 Å². The van der Waals surface area contributed by atoms with Crippen LogP contribution in [0.3, 0.4) is 0 Å². The predicted molar refractivity (Wildman–Crippen MR) is 75.9 cm³/mol. The molecule has 0 amide bonds. The first-order valence-electron chi connectivity index (χ1n) is 6.02. The molecule has 24 heavy (non-hydrogen) atoms. The Labute approximate surface area is 134 Å². The summed E-state index contributed by atoms with van der Waals surface area (Å²) >= 11 is 1.11. The number of halogens is 6. The Morgan fingerprint density at radius 2 is 1.92 bits per heavy atom. The van der Waals surface area contributed by atoms with Crippen LogP contribution in [0.15, 0.2) is 28.7 Å². The Morgan fingerprint density at radius 1 is 1.21 bits per heavy atom. The molecular weight excluding hydrogens is 362 g/mol. The number of nitrogens with zero attached hydrogens (tertiary/aromatic N) is 2. The summed E-state index contributed by atoms with van der Waals surface area (Å²) in [6, 6.07) is 2.05. The minimum atomic E-state index is -5.23. The number of rotatable bonds is 4. The Morgan fingerprint density at radius 3 is 2.46 bits per heavy atom. The number of hydrazone groups is 1. The van der Waals surface area contributed by atoms with E-state index < -0.39 is 23.9 Å².